The maximum absolute atomic E-state index is 13.2. The van der Waals surface area contributed by atoms with Crippen molar-refractivity contribution in [3.05, 3.63) is 40.0 Å². The lowest BCUT2D eigenvalue weighted by Crippen LogP contribution is -2.16. The number of aromatic nitrogens is 2. The number of carbonyl (C=O) groups excluding carboxylic acids is 2. The zero-order valence-electron chi connectivity index (χ0n) is 16.2. The molecular formula is C19H22ClN3O5S. The third-order valence-electron chi connectivity index (χ3n) is 4.71. The van der Waals surface area contributed by atoms with Gasteiger partial charge < -0.3 is 9.84 Å². The van der Waals surface area contributed by atoms with E-state index in [9.17, 15) is 18.9 Å². The summed E-state index contributed by atoms with van der Waals surface area (Å²) in [5.41, 5.74) is 0.744. The second-order valence-electron chi connectivity index (χ2n) is 6.88. The zero-order chi connectivity index (χ0) is 21.2. The van der Waals surface area contributed by atoms with Crippen molar-refractivity contribution in [1.29, 1.82) is 0 Å². The first-order valence-electron chi connectivity index (χ1n) is 9.15. The Morgan fingerprint density at radius 3 is 2.55 bits per heavy atom. The summed E-state index contributed by atoms with van der Waals surface area (Å²) in [7, 11) is -1.01. The lowest BCUT2D eigenvalue weighted by molar-refractivity contribution is -0.142. The van der Waals surface area contributed by atoms with E-state index in [4.69, 9.17) is 16.3 Å². The Morgan fingerprint density at radius 1 is 1.28 bits per heavy atom. The van der Waals surface area contributed by atoms with Crippen molar-refractivity contribution in [2.75, 3.05) is 11.5 Å². The summed E-state index contributed by atoms with van der Waals surface area (Å²) in [6.45, 7) is 1.18. The molecule has 0 radical (unpaired) electrons. The van der Waals surface area contributed by atoms with Crippen molar-refractivity contribution >= 4 is 38.8 Å². The number of aromatic hydroxyl groups is 1. The molecule has 0 amide bonds. The van der Waals surface area contributed by atoms with Gasteiger partial charge in [0.05, 0.1) is 26.6 Å². The van der Waals surface area contributed by atoms with Crippen molar-refractivity contribution in [2.45, 2.75) is 32.8 Å². The fraction of sp³-hybridized carbons (Fsp3) is 0.421. The van der Waals surface area contributed by atoms with E-state index in [-0.39, 0.29) is 34.3 Å². The first kappa shape index (κ1) is 21.3. The first-order valence-corrected chi connectivity index (χ1v) is 11.4. The Bertz CT molecular complexity index is 1070. The number of halogens is 1. The van der Waals surface area contributed by atoms with Gasteiger partial charge in [-0.2, -0.15) is 9.46 Å². The molecule has 0 aliphatic carbocycles. The third-order valence-corrected chi connectivity index (χ3v) is 7.46. The Kier molecular flexibility index (Phi) is 6.28. The van der Waals surface area contributed by atoms with Crippen LogP contribution in [0, 0.1) is 0 Å². The maximum atomic E-state index is 13.2. The normalized spacial score (nSPS) is 15.7. The van der Waals surface area contributed by atoms with Gasteiger partial charge in [-0.05, 0) is 18.9 Å². The van der Waals surface area contributed by atoms with Crippen molar-refractivity contribution in [1.82, 2.24) is 9.78 Å². The molecule has 0 atom stereocenters. The molecule has 1 aliphatic heterocycles. The molecular weight excluding hydrogens is 418 g/mol. The Labute approximate surface area is 174 Å². The van der Waals surface area contributed by atoms with Crippen LogP contribution < -0.4 is 0 Å². The number of ether oxygens (including phenoxy) is 1. The highest BCUT2D eigenvalue weighted by Crippen LogP contribution is 2.37. The van der Waals surface area contributed by atoms with E-state index in [0.29, 0.717) is 17.1 Å². The highest BCUT2D eigenvalue weighted by atomic mass is 35.5. The van der Waals surface area contributed by atoms with Gasteiger partial charge in [-0.15, -0.1) is 0 Å². The van der Waals surface area contributed by atoms with E-state index in [1.807, 2.05) is 0 Å². The molecule has 0 unspecified atom stereocenters. The maximum Gasteiger partial charge on any atom is 0.302 e. The van der Waals surface area contributed by atoms with Crippen LogP contribution in [-0.2, 0) is 32.9 Å². The van der Waals surface area contributed by atoms with E-state index in [0.717, 1.165) is 19.3 Å². The molecule has 1 aromatic carbocycles. The van der Waals surface area contributed by atoms with Crippen LogP contribution in [0.25, 0.3) is 0 Å². The van der Waals surface area contributed by atoms with Crippen LogP contribution in [0.1, 0.15) is 47.7 Å². The Hall–Kier alpha value is -2.39. The lowest BCUT2D eigenvalue weighted by atomic mass is 10.0. The van der Waals surface area contributed by atoms with Gasteiger partial charge in [0, 0.05) is 36.6 Å². The third kappa shape index (κ3) is 4.62. The molecule has 156 valence electrons. The summed E-state index contributed by atoms with van der Waals surface area (Å²) in [4.78, 5) is 24.1. The van der Waals surface area contributed by atoms with Gasteiger partial charge >= 0.3 is 5.97 Å². The highest BCUT2D eigenvalue weighted by Gasteiger charge is 2.24. The van der Waals surface area contributed by atoms with Crippen LogP contribution >= 0.6 is 11.6 Å². The molecule has 0 bridgehead atoms. The molecule has 0 spiro atoms. The molecule has 8 nitrogen and oxygen atoms in total. The van der Waals surface area contributed by atoms with E-state index < -0.39 is 21.5 Å². The molecule has 1 aliphatic rings. The number of nitrogens with zero attached hydrogens (tertiary/aromatic N) is 3. The second kappa shape index (κ2) is 8.54. The number of carbonyl (C=O) groups is 2. The number of hydrogen-bond acceptors (Lipinski definition) is 7. The zero-order valence-corrected chi connectivity index (χ0v) is 17.8. The monoisotopic (exact) mass is 439 g/mol. The highest BCUT2D eigenvalue weighted by molar-refractivity contribution is 7.93. The van der Waals surface area contributed by atoms with E-state index in [2.05, 4.69) is 9.46 Å². The minimum atomic E-state index is -2.52. The average molecular weight is 440 g/mol. The lowest BCUT2D eigenvalue weighted by Gasteiger charge is -2.17. The van der Waals surface area contributed by atoms with E-state index >= 15 is 0 Å². The number of benzene rings is 1. The van der Waals surface area contributed by atoms with Gasteiger partial charge in [-0.25, -0.2) is 8.89 Å². The molecule has 29 heavy (non-hydrogen) atoms. The Balaban J connectivity index is 2.12. The minimum absolute atomic E-state index is 0.00469. The van der Waals surface area contributed by atoms with Crippen LogP contribution in [-0.4, -0.2) is 42.4 Å². The van der Waals surface area contributed by atoms with Gasteiger partial charge in [-0.1, -0.05) is 24.1 Å². The first-order chi connectivity index (χ1) is 13.7. The molecule has 2 aromatic rings. The largest absolute Gasteiger partial charge is 0.493 e. The number of rotatable bonds is 5. The van der Waals surface area contributed by atoms with Crippen LogP contribution in [0.15, 0.2) is 22.7 Å². The summed E-state index contributed by atoms with van der Waals surface area (Å²) >= 11 is 6.52. The molecule has 1 aromatic heterocycles. The number of esters is 1. The fourth-order valence-electron chi connectivity index (χ4n) is 3.10. The number of hydrogen-bond donors (Lipinski definition) is 1. The summed E-state index contributed by atoms with van der Waals surface area (Å²) in [6, 6.07) is 3.04. The standard InChI is InChI=1S/C19H22ClN3O5S/c1-12(24)28-11-13-6-7-14(18(25)15-10-21-23(2)19(15)26)16(20)17(13)22-29(27)8-4-3-5-9-29/h6-7,10,26H,3-5,8-9,11H2,1-2H3. The van der Waals surface area contributed by atoms with Crippen LogP contribution in [0.2, 0.25) is 5.02 Å². The van der Waals surface area contributed by atoms with Gasteiger partial charge in [0.15, 0.2) is 0 Å². The van der Waals surface area contributed by atoms with Gasteiger partial charge in [0.1, 0.15) is 12.2 Å². The SMILES string of the molecule is CC(=O)OCc1ccc(C(=O)c2cnn(C)c2O)c(Cl)c1N=S1(=O)CCCCC1. The predicted molar refractivity (Wildman–Crippen MR) is 109 cm³/mol. The van der Waals surface area contributed by atoms with Crippen molar-refractivity contribution < 1.29 is 23.6 Å². The molecule has 1 saturated heterocycles. The summed E-state index contributed by atoms with van der Waals surface area (Å²) in [5.74, 6) is -0.383. The summed E-state index contributed by atoms with van der Waals surface area (Å²) in [5, 5.41) is 13.9. The van der Waals surface area contributed by atoms with Gasteiger partial charge in [0.25, 0.3) is 0 Å². The number of aryl methyl sites for hydroxylation is 1. The molecule has 1 N–H and O–H groups in total. The molecule has 3 rings (SSSR count). The van der Waals surface area contributed by atoms with Crippen LogP contribution in [0.3, 0.4) is 0 Å². The van der Waals surface area contributed by atoms with E-state index in [1.54, 1.807) is 6.07 Å². The van der Waals surface area contributed by atoms with Crippen molar-refractivity contribution in [3.63, 3.8) is 0 Å². The number of ketones is 1. The summed E-state index contributed by atoms with van der Waals surface area (Å²) in [6.07, 6.45) is 3.86. The van der Waals surface area contributed by atoms with Crippen molar-refractivity contribution in [2.24, 2.45) is 11.4 Å². The van der Waals surface area contributed by atoms with Gasteiger partial charge in [-0.3, -0.25) is 9.59 Å². The molecule has 0 saturated carbocycles. The molecule has 10 heteroatoms. The summed E-state index contributed by atoms with van der Waals surface area (Å²) < 4.78 is 23.8. The van der Waals surface area contributed by atoms with Crippen molar-refractivity contribution in [3.8, 4) is 5.88 Å². The second-order valence-corrected chi connectivity index (χ2v) is 9.80. The van der Waals surface area contributed by atoms with Crippen LogP contribution in [0.5, 0.6) is 5.88 Å². The van der Waals surface area contributed by atoms with Gasteiger partial charge in [0.2, 0.25) is 11.7 Å². The predicted octanol–water partition coefficient (Wildman–Crippen LogP) is 3.36. The molecule has 2 heterocycles. The quantitative estimate of drug-likeness (QED) is 0.564. The fourth-order valence-corrected chi connectivity index (χ4v) is 5.70. The topological polar surface area (TPSA) is 111 Å². The Morgan fingerprint density at radius 2 is 1.97 bits per heavy atom. The average Bonchev–Trinajstić information content (AvgIpc) is 3.01. The van der Waals surface area contributed by atoms with E-state index in [1.165, 1.54) is 30.9 Å². The van der Waals surface area contributed by atoms with Crippen LogP contribution in [0.4, 0.5) is 5.69 Å². The smallest absolute Gasteiger partial charge is 0.302 e. The minimum Gasteiger partial charge on any atom is -0.493 e. The molecule has 1 fully saturated rings.